The second-order valence-corrected chi connectivity index (χ2v) is 7.91. The van der Waals surface area contributed by atoms with Gasteiger partial charge in [-0.15, -0.1) is 0 Å². The number of amides is 1. The van der Waals surface area contributed by atoms with E-state index in [1.165, 1.54) is 6.42 Å². The maximum Gasteiger partial charge on any atom is 0.342 e. The van der Waals surface area contributed by atoms with E-state index in [9.17, 15) is 9.59 Å². The number of carbonyl (C=O) groups excluding carboxylic acids is 2. The highest BCUT2D eigenvalue weighted by atomic mass is 16.5. The number of rotatable bonds is 7. The van der Waals surface area contributed by atoms with E-state index in [0.29, 0.717) is 34.6 Å². The Kier molecular flexibility index (Phi) is 7.13. The fourth-order valence-electron chi connectivity index (χ4n) is 4.00. The first-order valence-corrected chi connectivity index (χ1v) is 10.7. The second kappa shape index (κ2) is 9.78. The van der Waals surface area contributed by atoms with Gasteiger partial charge in [-0.3, -0.25) is 9.78 Å². The Labute approximate surface area is 177 Å². The van der Waals surface area contributed by atoms with Gasteiger partial charge in [0.25, 0.3) is 0 Å². The van der Waals surface area contributed by atoms with Crippen LogP contribution in [0.5, 0.6) is 5.75 Å². The highest BCUT2D eigenvalue weighted by Gasteiger charge is 2.23. The minimum absolute atomic E-state index is 0.102. The fraction of sp³-hybridized carbons (Fsp3) is 0.522. The number of benzene rings is 1. The maximum absolute atomic E-state index is 12.5. The molecule has 0 saturated heterocycles. The van der Waals surface area contributed by atoms with Crippen LogP contribution in [0.4, 0.5) is 5.69 Å². The smallest absolute Gasteiger partial charge is 0.342 e. The molecule has 30 heavy (non-hydrogen) atoms. The molecule has 1 atom stereocenters. The molecule has 3 N–H and O–H groups in total. The van der Waals surface area contributed by atoms with Crippen LogP contribution < -0.4 is 15.8 Å². The van der Waals surface area contributed by atoms with Crippen LogP contribution in [-0.2, 0) is 9.53 Å². The van der Waals surface area contributed by atoms with Crippen LogP contribution in [0.2, 0.25) is 0 Å². The molecule has 2 aromatic rings. The minimum Gasteiger partial charge on any atom is -0.491 e. The Balaban J connectivity index is 1.76. The summed E-state index contributed by atoms with van der Waals surface area (Å²) >= 11 is 0. The molecule has 7 nitrogen and oxygen atoms in total. The van der Waals surface area contributed by atoms with Crippen LogP contribution in [0.25, 0.3) is 10.9 Å². The van der Waals surface area contributed by atoms with E-state index in [2.05, 4.69) is 10.3 Å². The number of aromatic nitrogens is 1. The van der Waals surface area contributed by atoms with Crippen LogP contribution in [0.3, 0.4) is 0 Å². The fourth-order valence-corrected chi connectivity index (χ4v) is 4.00. The van der Waals surface area contributed by atoms with Crippen molar-refractivity contribution in [2.24, 2.45) is 5.92 Å². The second-order valence-electron chi connectivity index (χ2n) is 7.91. The Morgan fingerprint density at radius 3 is 2.70 bits per heavy atom. The van der Waals surface area contributed by atoms with E-state index < -0.39 is 5.97 Å². The molecule has 7 heteroatoms. The Morgan fingerprint density at radius 2 is 2.00 bits per heavy atom. The number of aryl methyl sites for hydroxylation is 1. The Bertz CT molecular complexity index is 922. The van der Waals surface area contributed by atoms with E-state index in [0.717, 1.165) is 25.7 Å². The van der Waals surface area contributed by atoms with Gasteiger partial charge in [-0.2, -0.15) is 0 Å². The molecule has 1 aliphatic rings. The maximum atomic E-state index is 12.5. The van der Waals surface area contributed by atoms with Crippen molar-refractivity contribution in [3.8, 4) is 5.75 Å². The molecule has 162 valence electrons. The number of nitrogens with zero attached hydrogens (tertiary/aromatic N) is 1. The molecule has 1 aromatic heterocycles. The van der Waals surface area contributed by atoms with Crippen LogP contribution in [-0.4, -0.2) is 36.1 Å². The number of nitrogen functional groups attached to an aromatic ring is 1. The molecular weight excluding hydrogens is 382 g/mol. The minimum atomic E-state index is -0.496. The van der Waals surface area contributed by atoms with Crippen molar-refractivity contribution in [1.29, 1.82) is 0 Å². The number of esters is 1. The molecule has 1 unspecified atom stereocenters. The van der Waals surface area contributed by atoms with Gasteiger partial charge in [-0.1, -0.05) is 25.3 Å². The van der Waals surface area contributed by atoms with Gasteiger partial charge in [0.1, 0.15) is 17.9 Å². The molecule has 3 rings (SSSR count). The predicted octanol–water partition coefficient (Wildman–Crippen LogP) is 3.77. The first-order chi connectivity index (χ1) is 14.4. The highest BCUT2D eigenvalue weighted by molar-refractivity contribution is 6.07. The average Bonchev–Trinajstić information content (AvgIpc) is 2.72. The third-order valence-corrected chi connectivity index (χ3v) is 5.53. The van der Waals surface area contributed by atoms with Gasteiger partial charge in [0.2, 0.25) is 5.91 Å². The van der Waals surface area contributed by atoms with Crippen molar-refractivity contribution in [1.82, 2.24) is 10.3 Å². The Hall–Kier alpha value is -2.83. The first kappa shape index (κ1) is 21.9. The lowest BCUT2D eigenvalue weighted by Crippen LogP contribution is -2.40. The summed E-state index contributed by atoms with van der Waals surface area (Å²) in [6.45, 7) is 5.95. The molecule has 0 spiro atoms. The molecule has 1 heterocycles. The standard InChI is InChI=1S/C23H31N3O4/c1-4-29-23(28)19-15(3)26-17-11-8-12-18(20(17)21(19)24)30-13-14(2)25-22(27)16-9-6-5-7-10-16/h8,11-12,14,16H,4-7,9-10,13H2,1-3H3,(H2,24,26)(H,25,27). The van der Waals surface area contributed by atoms with Crippen LogP contribution in [0, 0.1) is 12.8 Å². The number of hydrogen-bond donors (Lipinski definition) is 2. The third kappa shape index (κ3) is 4.83. The van der Waals surface area contributed by atoms with Crippen LogP contribution >= 0.6 is 0 Å². The quantitative estimate of drug-likeness (QED) is 0.670. The molecule has 1 aromatic carbocycles. The van der Waals surface area contributed by atoms with Gasteiger partial charge in [-0.25, -0.2) is 4.79 Å². The van der Waals surface area contributed by atoms with E-state index in [-0.39, 0.29) is 30.0 Å². The molecule has 1 fully saturated rings. The van der Waals surface area contributed by atoms with Gasteiger partial charge in [-0.05, 0) is 45.7 Å². The summed E-state index contributed by atoms with van der Waals surface area (Å²) in [6, 6.07) is 5.30. The largest absolute Gasteiger partial charge is 0.491 e. The van der Waals surface area contributed by atoms with Gasteiger partial charge >= 0.3 is 5.97 Å². The van der Waals surface area contributed by atoms with Gasteiger partial charge in [0, 0.05) is 5.92 Å². The summed E-state index contributed by atoms with van der Waals surface area (Å²) in [5.74, 6) is 0.241. The summed E-state index contributed by atoms with van der Waals surface area (Å²) < 4.78 is 11.1. The number of carbonyl (C=O) groups is 2. The zero-order valence-electron chi connectivity index (χ0n) is 18.0. The van der Waals surface area contributed by atoms with E-state index >= 15 is 0 Å². The van der Waals surface area contributed by atoms with E-state index in [4.69, 9.17) is 15.2 Å². The Morgan fingerprint density at radius 1 is 1.27 bits per heavy atom. The predicted molar refractivity (Wildman–Crippen MR) is 117 cm³/mol. The number of ether oxygens (including phenoxy) is 2. The number of nitrogens with one attached hydrogen (secondary N) is 1. The topological polar surface area (TPSA) is 104 Å². The average molecular weight is 414 g/mol. The third-order valence-electron chi connectivity index (χ3n) is 5.53. The lowest BCUT2D eigenvalue weighted by Gasteiger charge is -2.23. The van der Waals surface area contributed by atoms with Crippen LogP contribution in [0.1, 0.15) is 62.0 Å². The number of anilines is 1. The summed E-state index contributed by atoms with van der Waals surface area (Å²) in [7, 11) is 0. The van der Waals surface area contributed by atoms with E-state index in [1.807, 2.05) is 19.1 Å². The van der Waals surface area contributed by atoms with Crippen molar-refractivity contribution in [3.05, 3.63) is 29.5 Å². The summed E-state index contributed by atoms with van der Waals surface area (Å²) in [6.07, 6.45) is 5.37. The number of hydrogen-bond acceptors (Lipinski definition) is 6. The molecule has 1 amide bonds. The lowest BCUT2D eigenvalue weighted by molar-refractivity contribution is -0.126. The van der Waals surface area contributed by atoms with Crippen molar-refractivity contribution in [2.75, 3.05) is 18.9 Å². The highest BCUT2D eigenvalue weighted by Crippen LogP contribution is 2.34. The first-order valence-electron chi connectivity index (χ1n) is 10.7. The molecule has 0 bridgehead atoms. The van der Waals surface area contributed by atoms with Crippen molar-refractivity contribution >= 4 is 28.5 Å². The molecule has 0 aliphatic heterocycles. The van der Waals surface area contributed by atoms with Crippen LogP contribution in [0.15, 0.2) is 18.2 Å². The molecule has 1 saturated carbocycles. The number of pyridine rings is 1. The zero-order valence-corrected chi connectivity index (χ0v) is 18.0. The molecular formula is C23H31N3O4. The monoisotopic (exact) mass is 413 g/mol. The van der Waals surface area contributed by atoms with E-state index in [1.54, 1.807) is 19.9 Å². The van der Waals surface area contributed by atoms with Crippen molar-refractivity contribution in [3.63, 3.8) is 0 Å². The van der Waals surface area contributed by atoms with Crippen molar-refractivity contribution in [2.45, 2.75) is 58.9 Å². The SMILES string of the molecule is CCOC(=O)c1c(C)nc2cccc(OCC(C)NC(=O)C3CCCCC3)c2c1N. The number of nitrogens with two attached hydrogens (primary N) is 1. The summed E-state index contributed by atoms with van der Waals surface area (Å²) in [4.78, 5) is 29.3. The van der Waals surface area contributed by atoms with Gasteiger partial charge in [0.15, 0.2) is 0 Å². The van der Waals surface area contributed by atoms with Gasteiger partial charge < -0.3 is 20.5 Å². The lowest BCUT2D eigenvalue weighted by atomic mass is 9.88. The molecule has 0 radical (unpaired) electrons. The molecule has 1 aliphatic carbocycles. The van der Waals surface area contributed by atoms with Crippen molar-refractivity contribution < 1.29 is 19.1 Å². The van der Waals surface area contributed by atoms with Gasteiger partial charge in [0.05, 0.1) is 34.9 Å². The summed E-state index contributed by atoms with van der Waals surface area (Å²) in [5.41, 5.74) is 8.07. The normalized spacial score (nSPS) is 15.6. The zero-order chi connectivity index (χ0) is 21.7. The summed E-state index contributed by atoms with van der Waals surface area (Å²) in [5, 5.41) is 3.63. The number of fused-ring (bicyclic) bond motifs is 1.